The van der Waals surface area contributed by atoms with E-state index in [1.165, 1.54) is 0 Å². The maximum absolute atomic E-state index is 12.5. The largest absolute Gasteiger partial charge is 0.456 e. The molecule has 6 nitrogen and oxygen atoms in total. The molecule has 0 saturated carbocycles. The average molecular weight is 427 g/mol. The van der Waals surface area contributed by atoms with Gasteiger partial charge in [-0.3, -0.25) is 4.79 Å². The molecule has 2 aromatic carbocycles. The third-order valence-corrected chi connectivity index (χ3v) is 5.65. The van der Waals surface area contributed by atoms with Crippen LogP contribution >= 0.6 is 23.1 Å². The Bertz CT molecular complexity index is 1100. The van der Waals surface area contributed by atoms with Crippen molar-refractivity contribution < 1.29 is 9.21 Å². The highest BCUT2D eigenvalue weighted by atomic mass is 35.5. The van der Waals surface area contributed by atoms with Gasteiger partial charge in [-0.15, -0.1) is 0 Å². The molecule has 8 heteroatoms. The highest BCUT2D eigenvalue weighted by molar-refractivity contribution is 7.11. The van der Waals surface area contributed by atoms with Gasteiger partial charge in [0.05, 0.1) is 0 Å². The van der Waals surface area contributed by atoms with Gasteiger partial charge in [-0.05, 0) is 60.9 Å². The minimum atomic E-state index is -0.352. The summed E-state index contributed by atoms with van der Waals surface area (Å²) in [4.78, 5) is 12.5. The number of hydrogen-bond acceptors (Lipinski definition) is 6. The molecule has 0 aliphatic heterocycles. The van der Waals surface area contributed by atoms with Gasteiger partial charge < -0.3 is 20.8 Å². The fraction of sp³-hybridized carbons (Fsp3) is 0.143. The fourth-order valence-electron chi connectivity index (χ4n) is 2.87. The summed E-state index contributed by atoms with van der Waals surface area (Å²) in [6, 6.07) is 17.3. The maximum atomic E-state index is 12.5. The molecule has 1 amide bonds. The van der Waals surface area contributed by atoms with Gasteiger partial charge >= 0.3 is 0 Å². The number of furan rings is 1. The first kappa shape index (κ1) is 19.4. The van der Waals surface area contributed by atoms with Crippen LogP contribution in [0.15, 0.2) is 59.0 Å². The molecule has 0 spiro atoms. The molecular weight excluding hydrogens is 408 g/mol. The van der Waals surface area contributed by atoms with Gasteiger partial charge in [-0.1, -0.05) is 29.8 Å². The van der Waals surface area contributed by atoms with Gasteiger partial charge in [0.2, 0.25) is 0 Å². The number of rotatable bonds is 7. The van der Waals surface area contributed by atoms with E-state index >= 15 is 0 Å². The monoisotopic (exact) mass is 426 g/mol. The minimum Gasteiger partial charge on any atom is -0.456 e. The zero-order chi connectivity index (χ0) is 20.2. The predicted molar refractivity (Wildman–Crippen MR) is 119 cm³/mol. The number of anilines is 2. The number of nitrogens with zero attached hydrogens (tertiary/aromatic N) is 1. The van der Waals surface area contributed by atoms with Crippen molar-refractivity contribution in [2.24, 2.45) is 5.73 Å². The molecule has 4 N–H and O–H groups in total. The Morgan fingerprint density at radius 1 is 1.17 bits per heavy atom. The van der Waals surface area contributed by atoms with Crippen LogP contribution in [0.5, 0.6) is 0 Å². The summed E-state index contributed by atoms with van der Waals surface area (Å²) in [6.45, 7) is 1.27. The summed E-state index contributed by atoms with van der Waals surface area (Å²) in [7, 11) is 0. The van der Waals surface area contributed by atoms with E-state index < -0.39 is 0 Å². The fourth-order valence-corrected chi connectivity index (χ4v) is 3.91. The summed E-state index contributed by atoms with van der Waals surface area (Å²) in [5.74, 6) is 0.425. The summed E-state index contributed by atoms with van der Waals surface area (Å²) in [6.07, 6.45) is 0.813. The van der Waals surface area contributed by atoms with Gasteiger partial charge in [0, 0.05) is 23.2 Å². The number of aromatic nitrogens is 1. The highest BCUT2D eigenvalue weighted by Gasteiger charge is 2.18. The van der Waals surface area contributed by atoms with Crippen molar-refractivity contribution in [2.45, 2.75) is 6.42 Å². The van der Waals surface area contributed by atoms with E-state index in [-0.39, 0.29) is 11.6 Å². The number of benzene rings is 2. The predicted octanol–water partition coefficient (Wildman–Crippen LogP) is 5.22. The number of carbonyl (C=O) groups excluding carboxylic acids is 1. The minimum absolute atomic E-state index is 0.202. The maximum Gasteiger partial charge on any atom is 0.277 e. The van der Waals surface area contributed by atoms with Gasteiger partial charge in [-0.25, -0.2) is 0 Å². The third kappa shape index (κ3) is 4.27. The van der Waals surface area contributed by atoms with Crippen molar-refractivity contribution >= 4 is 50.7 Å². The molecule has 29 heavy (non-hydrogen) atoms. The number of halogens is 1. The first-order valence-electron chi connectivity index (χ1n) is 9.15. The van der Waals surface area contributed by atoms with E-state index in [4.69, 9.17) is 21.8 Å². The Kier molecular flexibility index (Phi) is 5.80. The first-order chi connectivity index (χ1) is 14.2. The number of para-hydroxylation sites is 1. The summed E-state index contributed by atoms with van der Waals surface area (Å²) in [5.41, 5.74) is 8.10. The highest BCUT2D eigenvalue weighted by Crippen LogP contribution is 2.31. The molecule has 0 fully saturated rings. The molecule has 0 aliphatic carbocycles. The van der Waals surface area contributed by atoms with E-state index in [1.54, 1.807) is 0 Å². The quantitative estimate of drug-likeness (QED) is 0.352. The van der Waals surface area contributed by atoms with Crippen LogP contribution in [0, 0.1) is 0 Å². The zero-order valence-electron chi connectivity index (χ0n) is 15.4. The van der Waals surface area contributed by atoms with Crippen molar-refractivity contribution in [1.82, 2.24) is 4.37 Å². The number of fused-ring (bicyclic) bond motifs is 1. The topological polar surface area (TPSA) is 93.2 Å². The van der Waals surface area contributed by atoms with Gasteiger partial charge in [0.25, 0.3) is 5.91 Å². The lowest BCUT2D eigenvalue weighted by Gasteiger charge is -2.05. The summed E-state index contributed by atoms with van der Waals surface area (Å²) >= 11 is 7.45. The molecule has 0 aliphatic rings. The lowest BCUT2D eigenvalue weighted by Crippen LogP contribution is -2.13. The van der Waals surface area contributed by atoms with Gasteiger partial charge in [0.15, 0.2) is 5.69 Å². The molecular formula is C21H19ClN4O2S. The Hall–Kier alpha value is -2.87. The molecule has 2 aromatic heterocycles. The van der Waals surface area contributed by atoms with Crippen molar-refractivity contribution in [3.63, 3.8) is 0 Å². The first-order valence-corrected chi connectivity index (χ1v) is 10.3. The molecule has 4 rings (SSSR count). The van der Waals surface area contributed by atoms with E-state index in [2.05, 4.69) is 15.0 Å². The van der Waals surface area contributed by atoms with E-state index in [0.717, 1.165) is 40.2 Å². The third-order valence-electron chi connectivity index (χ3n) is 4.37. The molecule has 0 unspecified atom stereocenters. The zero-order valence-corrected chi connectivity index (χ0v) is 17.0. The van der Waals surface area contributed by atoms with Crippen molar-refractivity contribution in [2.75, 3.05) is 23.7 Å². The van der Waals surface area contributed by atoms with E-state index in [0.29, 0.717) is 28.8 Å². The Morgan fingerprint density at radius 3 is 2.72 bits per heavy atom. The second-order valence-electron chi connectivity index (χ2n) is 6.42. The van der Waals surface area contributed by atoms with Crippen molar-refractivity contribution in [3.05, 3.63) is 65.3 Å². The van der Waals surface area contributed by atoms with Gasteiger partial charge in [0.1, 0.15) is 21.4 Å². The standard InChI is InChI=1S/C21H19ClN4O2S/c22-18-19(26-29-21(18)24-11-3-10-23)20(27)25-15-8-6-13(7-9-15)17-12-14-4-1-2-5-16(14)28-17/h1-2,4-9,12,24H,3,10-11,23H2,(H,25,27). The van der Waals surface area contributed by atoms with Gasteiger partial charge in [-0.2, -0.15) is 4.37 Å². The molecule has 148 valence electrons. The van der Waals surface area contributed by atoms with Crippen LogP contribution in [0.25, 0.3) is 22.3 Å². The second-order valence-corrected chi connectivity index (χ2v) is 7.57. The van der Waals surface area contributed by atoms with Crippen LogP contribution in [0.3, 0.4) is 0 Å². The van der Waals surface area contributed by atoms with Crippen LogP contribution in [-0.4, -0.2) is 23.4 Å². The molecule has 4 aromatic rings. The Labute approximate surface area is 176 Å². The average Bonchev–Trinajstić information content (AvgIpc) is 3.32. The molecule has 0 saturated heterocycles. The van der Waals surface area contributed by atoms with Crippen LogP contribution in [-0.2, 0) is 0 Å². The van der Waals surface area contributed by atoms with Crippen LogP contribution in [0.4, 0.5) is 10.7 Å². The van der Waals surface area contributed by atoms with Crippen LogP contribution in [0.1, 0.15) is 16.9 Å². The second kappa shape index (κ2) is 8.65. The molecule has 0 bridgehead atoms. The lowest BCUT2D eigenvalue weighted by atomic mass is 10.1. The summed E-state index contributed by atoms with van der Waals surface area (Å²) < 4.78 is 10.0. The smallest absolute Gasteiger partial charge is 0.277 e. The van der Waals surface area contributed by atoms with Crippen molar-refractivity contribution in [1.29, 1.82) is 0 Å². The van der Waals surface area contributed by atoms with E-state index in [1.807, 2.05) is 54.6 Å². The Morgan fingerprint density at radius 2 is 1.97 bits per heavy atom. The number of amides is 1. The Balaban J connectivity index is 1.45. The normalized spacial score (nSPS) is 11.0. The number of nitrogens with two attached hydrogens (primary N) is 1. The van der Waals surface area contributed by atoms with Crippen LogP contribution in [0.2, 0.25) is 5.02 Å². The summed E-state index contributed by atoms with van der Waals surface area (Å²) in [5, 5.41) is 8.01. The molecule has 0 radical (unpaired) electrons. The number of hydrogen-bond donors (Lipinski definition) is 3. The van der Waals surface area contributed by atoms with E-state index in [9.17, 15) is 4.79 Å². The van der Waals surface area contributed by atoms with Crippen LogP contribution < -0.4 is 16.4 Å². The number of nitrogens with one attached hydrogen (secondary N) is 2. The van der Waals surface area contributed by atoms with Crippen molar-refractivity contribution in [3.8, 4) is 11.3 Å². The number of carbonyl (C=O) groups is 1. The molecule has 0 atom stereocenters. The lowest BCUT2D eigenvalue weighted by molar-refractivity contribution is 0.102. The SMILES string of the molecule is NCCCNc1snc(C(=O)Nc2ccc(-c3cc4ccccc4o3)cc2)c1Cl. The molecule has 2 heterocycles.